The predicted molar refractivity (Wildman–Crippen MR) is 101 cm³/mol. The normalized spacial score (nSPS) is 13.0. The van der Waals surface area contributed by atoms with Gasteiger partial charge in [-0.25, -0.2) is 0 Å². The Morgan fingerprint density at radius 2 is 1.96 bits per heavy atom. The molecule has 0 aliphatic rings. The van der Waals surface area contributed by atoms with Gasteiger partial charge in [-0.2, -0.15) is 5.10 Å². The van der Waals surface area contributed by atoms with Crippen molar-refractivity contribution in [2.24, 2.45) is 0 Å². The van der Waals surface area contributed by atoms with Gasteiger partial charge in [0.25, 0.3) is 0 Å². The van der Waals surface area contributed by atoms with Crippen molar-refractivity contribution in [1.82, 2.24) is 10.2 Å². The largest absolute Gasteiger partial charge is 0.399 e. The molecule has 23 heavy (non-hydrogen) atoms. The van der Waals surface area contributed by atoms with Crippen molar-refractivity contribution in [2.45, 2.75) is 38.7 Å². The van der Waals surface area contributed by atoms with Crippen LogP contribution >= 0.6 is 0 Å². The number of nitrogens with one attached hydrogen (secondary N) is 1. The summed E-state index contributed by atoms with van der Waals surface area (Å²) < 4.78 is 6.05. The third-order valence-electron chi connectivity index (χ3n) is 3.84. The summed E-state index contributed by atoms with van der Waals surface area (Å²) in [6, 6.07) is 8.96. The van der Waals surface area contributed by atoms with E-state index in [1.165, 1.54) is 0 Å². The Labute approximate surface area is 139 Å². The number of H-pyrrole nitrogens is 1. The average molecular weight is 330 g/mol. The molecule has 5 heteroatoms. The third-order valence-corrected chi connectivity index (χ3v) is 5.55. The van der Waals surface area contributed by atoms with Crippen LogP contribution in [-0.2, 0) is 4.74 Å². The molecule has 1 heterocycles. The van der Waals surface area contributed by atoms with Crippen LogP contribution in [0.15, 0.2) is 30.8 Å². The van der Waals surface area contributed by atoms with E-state index in [2.05, 4.69) is 43.3 Å². The van der Waals surface area contributed by atoms with Crippen LogP contribution in [0.5, 0.6) is 0 Å². The fourth-order valence-electron chi connectivity index (χ4n) is 2.39. The number of benzene rings is 1. The lowest BCUT2D eigenvalue weighted by Gasteiger charge is -2.19. The first kappa shape index (κ1) is 17.5. The monoisotopic (exact) mass is 329 g/mol. The van der Waals surface area contributed by atoms with Crippen LogP contribution in [0.25, 0.3) is 17.2 Å². The number of anilines is 1. The highest BCUT2D eigenvalue weighted by molar-refractivity contribution is 6.76. The molecule has 0 saturated carbocycles. The summed E-state index contributed by atoms with van der Waals surface area (Å²) >= 11 is 0. The molecular formula is C18H27N3OSi. The van der Waals surface area contributed by atoms with Gasteiger partial charge in [-0.15, -0.1) is 0 Å². The Kier molecular flexibility index (Phi) is 5.44. The zero-order chi connectivity index (χ0) is 17.0. The van der Waals surface area contributed by atoms with Gasteiger partial charge in [-0.3, -0.25) is 5.10 Å². The highest BCUT2D eigenvalue weighted by atomic mass is 28.3. The summed E-state index contributed by atoms with van der Waals surface area (Å²) in [5.74, 6) is 0. The number of ether oxygens (including phenoxy) is 1. The van der Waals surface area contributed by atoms with Gasteiger partial charge in [0, 0.05) is 25.9 Å². The molecule has 1 unspecified atom stereocenters. The van der Waals surface area contributed by atoms with Crippen LogP contribution < -0.4 is 5.73 Å². The van der Waals surface area contributed by atoms with E-state index in [0.29, 0.717) is 0 Å². The number of hydrogen-bond acceptors (Lipinski definition) is 3. The molecule has 0 amide bonds. The van der Waals surface area contributed by atoms with E-state index in [4.69, 9.17) is 10.5 Å². The van der Waals surface area contributed by atoms with Crippen molar-refractivity contribution in [3.63, 3.8) is 0 Å². The smallest absolute Gasteiger partial charge is 0.0967 e. The van der Waals surface area contributed by atoms with Gasteiger partial charge >= 0.3 is 0 Å². The SMILES string of the molecule is C=Cc1n[nH]c(C(C)OCC[Si](C)(C)C)c1-c1ccc(N)cc1. The molecule has 0 radical (unpaired) electrons. The number of hydrogen-bond donors (Lipinski definition) is 2. The summed E-state index contributed by atoms with van der Waals surface area (Å²) in [5.41, 5.74) is 10.5. The number of aromatic nitrogens is 2. The number of rotatable bonds is 7. The molecule has 1 atom stereocenters. The molecule has 0 fully saturated rings. The number of nitrogens with two attached hydrogens (primary N) is 1. The summed E-state index contributed by atoms with van der Waals surface area (Å²) in [7, 11) is -1.09. The van der Waals surface area contributed by atoms with Crippen LogP contribution in [0.2, 0.25) is 25.7 Å². The first-order valence-electron chi connectivity index (χ1n) is 8.00. The lowest BCUT2D eigenvalue weighted by atomic mass is 10.0. The molecular weight excluding hydrogens is 302 g/mol. The fraction of sp³-hybridized carbons (Fsp3) is 0.389. The standard InChI is InChI=1S/C18H27N3OSi/c1-6-16-17(14-7-9-15(19)10-8-14)18(21-20-16)13(2)22-11-12-23(3,4)5/h6-10,13H,1,11-12,19H2,2-5H3,(H,20,21). The molecule has 2 aromatic rings. The van der Waals surface area contributed by atoms with E-state index in [1.807, 2.05) is 24.3 Å². The highest BCUT2D eigenvalue weighted by Crippen LogP contribution is 2.32. The van der Waals surface area contributed by atoms with E-state index in [1.54, 1.807) is 6.08 Å². The molecule has 0 spiro atoms. The second kappa shape index (κ2) is 7.15. The second-order valence-electron chi connectivity index (χ2n) is 7.05. The fourth-order valence-corrected chi connectivity index (χ4v) is 3.12. The average Bonchev–Trinajstić information content (AvgIpc) is 2.90. The van der Waals surface area contributed by atoms with Crippen LogP contribution in [0, 0.1) is 0 Å². The third kappa shape index (κ3) is 4.56. The summed E-state index contributed by atoms with van der Waals surface area (Å²) in [5, 5.41) is 7.49. The molecule has 0 saturated heterocycles. The van der Waals surface area contributed by atoms with Crippen LogP contribution in [0.1, 0.15) is 24.4 Å². The topological polar surface area (TPSA) is 63.9 Å². The highest BCUT2D eigenvalue weighted by Gasteiger charge is 2.20. The second-order valence-corrected chi connectivity index (χ2v) is 12.7. The van der Waals surface area contributed by atoms with Crippen molar-refractivity contribution in [3.05, 3.63) is 42.2 Å². The van der Waals surface area contributed by atoms with Crippen molar-refractivity contribution in [1.29, 1.82) is 0 Å². The molecule has 3 N–H and O–H groups in total. The van der Waals surface area contributed by atoms with E-state index >= 15 is 0 Å². The van der Waals surface area contributed by atoms with Gasteiger partial charge in [-0.1, -0.05) is 38.4 Å². The van der Waals surface area contributed by atoms with Gasteiger partial charge in [0.05, 0.1) is 17.5 Å². The Bertz CT molecular complexity index is 656. The molecule has 1 aromatic heterocycles. The maximum absolute atomic E-state index is 6.05. The molecule has 0 aliphatic carbocycles. The van der Waals surface area contributed by atoms with E-state index in [9.17, 15) is 0 Å². The lowest BCUT2D eigenvalue weighted by molar-refractivity contribution is 0.0731. The van der Waals surface area contributed by atoms with Crippen molar-refractivity contribution in [3.8, 4) is 11.1 Å². The van der Waals surface area contributed by atoms with Crippen LogP contribution in [0.3, 0.4) is 0 Å². The van der Waals surface area contributed by atoms with E-state index in [-0.39, 0.29) is 6.10 Å². The molecule has 4 nitrogen and oxygen atoms in total. The Morgan fingerprint density at radius 3 is 2.52 bits per heavy atom. The van der Waals surface area contributed by atoms with Gasteiger partial charge in [0.15, 0.2) is 0 Å². The zero-order valence-corrected chi connectivity index (χ0v) is 15.5. The van der Waals surface area contributed by atoms with Gasteiger partial charge in [0.2, 0.25) is 0 Å². The summed E-state index contributed by atoms with van der Waals surface area (Å²) in [4.78, 5) is 0. The number of aromatic amines is 1. The van der Waals surface area contributed by atoms with Gasteiger partial charge < -0.3 is 10.5 Å². The quantitative estimate of drug-likeness (QED) is 0.571. The minimum absolute atomic E-state index is 0.0416. The van der Waals surface area contributed by atoms with Crippen LogP contribution in [-0.4, -0.2) is 24.9 Å². The minimum Gasteiger partial charge on any atom is -0.399 e. The zero-order valence-electron chi connectivity index (χ0n) is 14.5. The maximum Gasteiger partial charge on any atom is 0.0967 e. The van der Waals surface area contributed by atoms with E-state index in [0.717, 1.165) is 40.9 Å². The first-order chi connectivity index (χ1) is 10.8. The van der Waals surface area contributed by atoms with E-state index < -0.39 is 8.07 Å². The Morgan fingerprint density at radius 1 is 1.30 bits per heavy atom. The molecule has 1 aromatic carbocycles. The van der Waals surface area contributed by atoms with Gasteiger partial charge in [-0.05, 0) is 36.7 Å². The van der Waals surface area contributed by atoms with Crippen molar-refractivity contribution in [2.75, 3.05) is 12.3 Å². The van der Waals surface area contributed by atoms with Crippen molar-refractivity contribution < 1.29 is 4.74 Å². The lowest BCUT2D eigenvalue weighted by Crippen LogP contribution is -2.22. The van der Waals surface area contributed by atoms with Crippen LogP contribution in [0.4, 0.5) is 5.69 Å². The molecule has 2 rings (SSSR count). The first-order valence-corrected chi connectivity index (χ1v) is 11.7. The number of nitrogens with zero attached hydrogens (tertiary/aromatic N) is 1. The molecule has 124 valence electrons. The van der Waals surface area contributed by atoms with Crippen molar-refractivity contribution >= 4 is 19.8 Å². The summed E-state index contributed by atoms with van der Waals surface area (Å²) in [6.07, 6.45) is 1.72. The number of nitrogen functional groups attached to an aromatic ring is 1. The van der Waals surface area contributed by atoms with Gasteiger partial charge in [0.1, 0.15) is 0 Å². The molecule has 0 bridgehead atoms. The molecule has 0 aliphatic heterocycles. The minimum atomic E-state index is -1.09. The maximum atomic E-state index is 6.05. The Hall–Kier alpha value is -1.85. The summed E-state index contributed by atoms with van der Waals surface area (Å²) in [6.45, 7) is 13.8. The Balaban J connectivity index is 2.23. The predicted octanol–water partition coefficient (Wildman–Crippen LogP) is 4.72.